The standard InChI is InChI=1S/C29H30ClF4N5O3/c1-3-21(40)37-11-12-38-18(14-37)16-42-25-22(27(38)41)26(35-24(23(25)30)19-7-4-5-8-20(19)31)39-15-17(36-9-6-10-36)13-28(39,2)29(32,33)34/h3-5,7-8,17-18H,1,6,9-16H2,2H3/t17?,18?,28-/m0/s1. The Balaban J connectivity index is 1.53. The molecule has 3 atom stereocenters. The largest absolute Gasteiger partial charge is 0.489 e. The number of ether oxygens (including phenoxy) is 1. The third kappa shape index (κ3) is 4.50. The number of likely N-dealkylation sites (tertiary alicyclic amines) is 1. The number of nitrogens with zero attached hydrogens (tertiary/aromatic N) is 5. The average Bonchev–Trinajstić information content (AvgIpc) is 3.20. The van der Waals surface area contributed by atoms with Crippen molar-refractivity contribution in [3.05, 3.63) is 53.3 Å². The van der Waals surface area contributed by atoms with E-state index in [0.29, 0.717) is 13.1 Å². The predicted octanol–water partition coefficient (Wildman–Crippen LogP) is 4.38. The number of amides is 2. The Morgan fingerprint density at radius 2 is 1.90 bits per heavy atom. The number of carbonyl (C=O) groups is 2. The molecule has 4 aliphatic rings. The summed E-state index contributed by atoms with van der Waals surface area (Å²) in [6.45, 7) is 6.39. The van der Waals surface area contributed by atoms with Gasteiger partial charge in [0.2, 0.25) is 5.91 Å². The summed E-state index contributed by atoms with van der Waals surface area (Å²) in [6.07, 6.45) is -2.81. The van der Waals surface area contributed by atoms with E-state index < -0.39 is 35.5 Å². The number of rotatable bonds is 4. The van der Waals surface area contributed by atoms with Gasteiger partial charge in [-0.2, -0.15) is 13.2 Å². The molecular formula is C29H30ClF4N5O3. The maximum Gasteiger partial charge on any atom is 0.411 e. The molecule has 0 spiro atoms. The van der Waals surface area contributed by atoms with Crippen LogP contribution in [0, 0.1) is 5.82 Å². The molecule has 1 aromatic carbocycles. The van der Waals surface area contributed by atoms with Crippen molar-refractivity contribution >= 4 is 29.2 Å². The zero-order chi connectivity index (χ0) is 30.0. The Labute approximate surface area is 245 Å². The van der Waals surface area contributed by atoms with Crippen molar-refractivity contribution in [1.82, 2.24) is 19.7 Å². The van der Waals surface area contributed by atoms with Gasteiger partial charge in [0.1, 0.15) is 34.4 Å². The number of benzene rings is 1. The molecule has 3 saturated heterocycles. The van der Waals surface area contributed by atoms with Gasteiger partial charge in [0.05, 0.1) is 11.7 Å². The van der Waals surface area contributed by atoms with E-state index in [2.05, 4.69) is 11.6 Å². The van der Waals surface area contributed by atoms with Gasteiger partial charge in [0, 0.05) is 37.8 Å². The minimum Gasteiger partial charge on any atom is -0.489 e. The fourth-order valence-corrected chi connectivity index (χ4v) is 6.68. The number of alkyl halides is 3. The van der Waals surface area contributed by atoms with Crippen LogP contribution in [0.2, 0.25) is 5.02 Å². The Kier molecular flexibility index (Phi) is 7.12. The normalized spacial score (nSPS) is 26.2. The zero-order valence-electron chi connectivity index (χ0n) is 23.0. The van der Waals surface area contributed by atoms with E-state index in [1.807, 2.05) is 4.90 Å². The second kappa shape index (κ2) is 10.4. The number of hydrogen-bond acceptors (Lipinski definition) is 6. The molecule has 42 heavy (non-hydrogen) atoms. The number of fused-ring (bicyclic) bond motifs is 2. The molecule has 1 aromatic heterocycles. The van der Waals surface area contributed by atoms with Crippen LogP contribution < -0.4 is 9.64 Å². The van der Waals surface area contributed by atoms with Gasteiger partial charge in [0.15, 0.2) is 5.75 Å². The summed E-state index contributed by atoms with van der Waals surface area (Å²) in [7, 11) is 0. The predicted molar refractivity (Wildman–Crippen MR) is 148 cm³/mol. The molecule has 6 rings (SSSR count). The molecule has 13 heteroatoms. The molecule has 2 unspecified atom stereocenters. The molecule has 0 N–H and O–H groups in total. The second-order valence-corrected chi connectivity index (χ2v) is 11.7. The van der Waals surface area contributed by atoms with Crippen LogP contribution in [-0.4, -0.2) is 101 Å². The first kappa shape index (κ1) is 28.7. The topological polar surface area (TPSA) is 69.2 Å². The van der Waals surface area contributed by atoms with Crippen LogP contribution in [0.3, 0.4) is 0 Å². The van der Waals surface area contributed by atoms with Crippen LogP contribution >= 0.6 is 11.6 Å². The van der Waals surface area contributed by atoms with Gasteiger partial charge in [-0.1, -0.05) is 30.3 Å². The first-order valence-electron chi connectivity index (χ1n) is 13.9. The van der Waals surface area contributed by atoms with Gasteiger partial charge in [-0.25, -0.2) is 9.37 Å². The van der Waals surface area contributed by atoms with Crippen molar-refractivity contribution in [2.24, 2.45) is 0 Å². The van der Waals surface area contributed by atoms with Crippen LogP contribution in [-0.2, 0) is 4.79 Å². The van der Waals surface area contributed by atoms with Crippen LogP contribution in [0.1, 0.15) is 30.1 Å². The van der Waals surface area contributed by atoms with Crippen molar-refractivity contribution in [2.45, 2.75) is 43.6 Å². The van der Waals surface area contributed by atoms with Crippen molar-refractivity contribution in [3.8, 4) is 17.0 Å². The van der Waals surface area contributed by atoms with Crippen LogP contribution in [0.4, 0.5) is 23.4 Å². The van der Waals surface area contributed by atoms with E-state index in [1.165, 1.54) is 34.1 Å². The summed E-state index contributed by atoms with van der Waals surface area (Å²) in [5.74, 6) is -1.96. The lowest BCUT2D eigenvalue weighted by molar-refractivity contribution is -0.180. The van der Waals surface area contributed by atoms with E-state index in [-0.39, 0.29) is 78.5 Å². The van der Waals surface area contributed by atoms with Gasteiger partial charge in [-0.15, -0.1) is 0 Å². The Morgan fingerprint density at radius 3 is 2.55 bits per heavy atom. The molecule has 0 saturated carbocycles. The number of carbonyl (C=O) groups excluding carboxylic acids is 2. The third-order valence-electron chi connectivity index (χ3n) is 8.96. The highest BCUT2D eigenvalue weighted by molar-refractivity contribution is 6.35. The summed E-state index contributed by atoms with van der Waals surface area (Å²) in [6, 6.07) is 4.66. The lowest BCUT2D eigenvalue weighted by Crippen LogP contribution is -2.57. The minimum atomic E-state index is -4.67. The molecule has 0 aliphatic carbocycles. The lowest BCUT2D eigenvalue weighted by Gasteiger charge is -2.40. The molecule has 224 valence electrons. The summed E-state index contributed by atoms with van der Waals surface area (Å²) in [5.41, 5.74) is -2.70. The fraction of sp³-hybridized carbons (Fsp3) is 0.483. The number of anilines is 1. The Morgan fingerprint density at radius 1 is 1.17 bits per heavy atom. The summed E-state index contributed by atoms with van der Waals surface area (Å²) >= 11 is 6.77. The van der Waals surface area contributed by atoms with Gasteiger partial charge < -0.3 is 19.4 Å². The molecule has 4 aliphatic heterocycles. The Bertz CT molecular complexity index is 1450. The molecule has 0 bridgehead atoms. The Hall–Kier alpha value is -3.38. The number of piperazine rings is 1. The van der Waals surface area contributed by atoms with Crippen LogP contribution in [0.15, 0.2) is 36.9 Å². The van der Waals surface area contributed by atoms with E-state index in [9.17, 15) is 22.8 Å². The number of pyridine rings is 1. The van der Waals surface area contributed by atoms with Gasteiger partial charge >= 0.3 is 6.18 Å². The smallest absolute Gasteiger partial charge is 0.411 e. The molecular weight excluding hydrogens is 578 g/mol. The minimum absolute atomic E-state index is 0.0282. The summed E-state index contributed by atoms with van der Waals surface area (Å²) < 4.78 is 65.8. The molecule has 0 radical (unpaired) electrons. The first-order valence-corrected chi connectivity index (χ1v) is 14.2. The third-order valence-corrected chi connectivity index (χ3v) is 9.31. The zero-order valence-corrected chi connectivity index (χ0v) is 23.7. The van der Waals surface area contributed by atoms with E-state index >= 15 is 4.39 Å². The van der Waals surface area contributed by atoms with E-state index in [4.69, 9.17) is 16.3 Å². The number of hydrogen-bond donors (Lipinski definition) is 0. The van der Waals surface area contributed by atoms with Gasteiger partial charge in [0.25, 0.3) is 5.91 Å². The van der Waals surface area contributed by atoms with Crippen molar-refractivity contribution in [1.29, 1.82) is 0 Å². The molecule has 2 aromatic rings. The first-order chi connectivity index (χ1) is 19.9. The number of halogens is 5. The highest BCUT2D eigenvalue weighted by Crippen LogP contribution is 2.51. The maximum atomic E-state index is 15.0. The second-order valence-electron chi connectivity index (χ2n) is 11.4. The SMILES string of the molecule is C=CC(=O)N1CCN2C(=O)c3c(N4CC(N5CCC5)C[C@@]4(C)C(F)(F)F)nc(-c4ccccc4F)c(Cl)c3OCC2C1. The van der Waals surface area contributed by atoms with Crippen molar-refractivity contribution in [2.75, 3.05) is 50.8 Å². The van der Waals surface area contributed by atoms with Crippen molar-refractivity contribution < 1.29 is 31.9 Å². The molecule has 5 heterocycles. The summed E-state index contributed by atoms with van der Waals surface area (Å²) in [4.78, 5) is 37.3. The average molecular weight is 608 g/mol. The summed E-state index contributed by atoms with van der Waals surface area (Å²) in [5, 5.41) is -0.168. The molecule has 2 amide bonds. The maximum absolute atomic E-state index is 15.0. The monoisotopic (exact) mass is 607 g/mol. The van der Waals surface area contributed by atoms with E-state index in [1.54, 1.807) is 6.07 Å². The van der Waals surface area contributed by atoms with Crippen LogP contribution in [0.5, 0.6) is 5.75 Å². The fourth-order valence-electron chi connectivity index (χ4n) is 6.39. The number of aromatic nitrogens is 1. The van der Waals surface area contributed by atoms with Crippen molar-refractivity contribution in [3.63, 3.8) is 0 Å². The highest BCUT2D eigenvalue weighted by atomic mass is 35.5. The molecule has 3 fully saturated rings. The van der Waals surface area contributed by atoms with Gasteiger partial charge in [-0.05, 0) is 51.1 Å². The van der Waals surface area contributed by atoms with Crippen LogP contribution in [0.25, 0.3) is 11.3 Å². The highest BCUT2D eigenvalue weighted by Gasteiger charge is 2.62. The lowest BCUT2D eigenvalue weighted by atomic mass is 9.94. The van der Waals surface area contributed by atoms with E-state index in [0.717, 1.165) is 18.2 Å². The van der Waals surface area contributed by atoms with Gasteiger partial charge in [-0.3, -0.25) is 14.5 Å². The quantitative estimate of drug-likeness (QED) is 0.380. The molecule has 8 nitrogen and oxygen atoms in total.